The predicted octanol–water partition coefficient (Wildman–Crippen LogP) is 0.901. The second-order valence-electron chi connectivity index (χ2n) is 4.98. The van der Waals surface area contributed by atoms with E-state index in [1.54, 1.807) is 0 Å². The monoisotopic (exact) mass is 184 g/mol. The average Bonchev–Trinajstić information content (AvgIpc) is 2.02. The number of piperidine rings is 1. The summed E-state index contributed by atoms with van der Waals surface area (Å²) < 4.78 is 0. The van der Waals surface area contributed by atoms with Crippen LogP contribution in [0, 0.1) is 5.41 Å². The van der Waals surface area contributed by atoms with E-state index in [0.29, 0.717) is 17.9 Å². The summed E-state index contributed by atoms with van der Waals surface area (Å²) in [5.74, 6) is 0.189. The van der Waals surface area contributed by atoms with Gasteiger partial charge in [-0.05, 0) is 11.8 Å². The van der Waals surface area contributed by atoms with Gasteiger partial charge in [0, 0.05) is 25.6 Å². The topological polar surface area (TPSA) is 41.1 Å². The summed E-state index contributed by atoms with van der Waals surface area (Å²) in [6.07, 6.45) is 1.64. The third-order valence-corrected chi connectivity index (χ3v) is 2.19. The molecule has 1 heterocycles. The van der Waals surface area contributed by atoms with E-state index in [2.05, 4.69) is 31.4 Å². The van der Waals surface area contributed by atoms with Crippen molar-refractivity contribution in [2.45, 2.75) is 39.7 Å². The fraction of sp³-hybridized carbons (Fsp3) is 0.900. The second-order valence-corrected chi connectivity index (χ2v) is 4.98. The highest BCUT2D eigenvalue weighted by atomic mass is 16.1. The standard InChI is InChI=1S/C10H20N2O/c1-10(2,3)7-12-8-4-5-9(13)11-6-8/h8,12H,4-7H2,1-3H3,(H,11,13). The molecule has 0 spiro atoms. The Morgan fingerprint density at radius 2 is 2.23 bits per heavy atom. The van der Waals surface area contributed by atoms with Crippen molar-refractivity contribution >= 4 is 5.91 Å². The van der Waals surface area contributed by atoms with Gasteiger partial charge in [0.1, 0.15) is 0 Å². The normalized spacial score (nSPS) is 24.2. The highest BCUT2D eigenvalue weighted by molar-refractivity contribution is 5.76. The minimum atomic E-state index is 0.189. The molecule has 1 unspecified atom stereocenters. The zero-order valence-corrected chi connectivity index (χ0v) is 8.81. The summed E-state index contributed by atoms with van der Waals surface area (Å²) >= 11 is 0. The first-order valence-corrected chi connectivity index (χ1v) is 4.97. The van der Waals surface area contributed by atoms with Gasteiger partial charge in [-0.1, -0.05) is 20.8 Å². The number of rotatable bonds is 2. The third kappa shape index (κ3) is 4.27. The zero-order valence-electron chi connectivity index (χ0n) is 8.81. The number of hydrogen-bond acceptors (Lipinski definition) is 2. The van der Waals surface area contributed by atoms with E-state index in [9.17, 15) is 4.79 Å². The van der Waals surface area contributed by atoms with Crippen LogP contribution in [0.25, 0.3) is 0 Å². The van der Waals surface area contributed by atoms with Crippen molar-refractivity contribution in [1.82, 2.24) is 10.6 Å². The first kappa shape index (κ1) is 10.5. The van der Waals surface area contributed by atoms with Crippen molar-refractivity contribution in [2.75, 3.05) is 13.1 Å². The Bertz CT molecular complexity index is 174. The minimum Gasteiger partial charge on any atom is -0.355 e. The first-order valence-electron chi connectivity index (χ1n) is 4.97. The van der Waals surface area contributed by atoms with Crippen molar-refractivity contribution in [2.24, 2.45) is 5.41 Å². The lowest BCUT2D eigenvalue weighted by molar-refractivity contribution is -0.122. The van der Waals surface area contributed by atoms with Gasteiger partial charge >= 0.3 is 0 Å². The number of carbonyl (C=O) groups is 1. The Morgan fingerprint density at radius 1 is 1.54 bits per heavy atom. The Labute approximate surface area is 80.3 Å². The molecule has 0 aromatic heterocycles. The van der Waals surface area contributed by atoms with Gasteiger partial charge in [0.2, 0.25) is 5.91 Å². The summed E-state index contributed by atoms with van der Waals surface area (Å²) in [6.45, 7) is 8.42. The van der Waals surface area contributed by atoms with Crippen LogP contribution in [-0.4, -0.2) is 25.0 Å². The maximum atomic E-state index is 10.9. The van der Waals surface area contributed by atoms with Crippen LogP contribution < -0.4 is 10.6 Å². The second kappa shape index (κ2) is 4.09. The molecule has 13 heavy (non-hydrogen) atoms. The van der Waals surface area contributed by atoms with Gasteiger partial charge in [0.15, 0.2) is 0 Å². The van der Waals surface area contributed by atoms with Crippen molar-refractivity contribution in [1.29, 1.82) is 0 Å². The van der Waals surface area contributed by atoms with Crippen LogP contribution in [-0.2, 0) is 4.79 Å². The summed E-state index contributed by atoms with van der Waals surface area (Å²) in [5.41, 5.74) is 0.321. The number of carbonyl (C=O) groups excluding carboxylic acids is 1. The van der Waals surface area contributed by atoms with Crippen molar-refractivity contribution < 1.29 is 4.79 Å². The SMILES string of the molecule is CC(C)(C)CNC1CCC(=O)NC1. The lowest BCUT2D eigenvalue weighted by atomic mass is 9.96. The molecule has 3 nitrogen and oxygen atoms in total. The lowest BCUT2D eigenvalue weighted by Crippen LogP contribution is -2.47. The van der Waals surface area contributed by atoms with E-state index in [0.717, 1.165) is 19.5 Å². The van der Waals surface area contributed by atoms with Gasteiger partial charge in [-0.15, -0.1) is 0 Å². The van der Waals surface area contributed by atoms with Gasteiger partial charge in [0.05, 0.1) is 0 Å². The third-order valence-electron chi connectivity index (χ3n) is 2.19. The maximum Gasteiger partial charge on any atom is 0.220 e. The fourth-order valence-corrected chi connectivity index (χ4v) is 1.36. The Morgan fingerprint density at radius 3 is 2.69 bits per heavy atom. The van der Waals surface area contributed by atoms with Crippen LogP contribution in [0.5, 0.6) is 0 Å². The quantitative estimate of drug-likeness (QED) is 0.669. The lowest BCUT2D eigenvalue weighted by Gasteiger charge is -2.27. The van der Waals surface area contributed by atoms with E-state index in [1.807, 2.05) is 0 Å². The molecule has 3 heteroatoms. The van der Waals surface area contributed by atoms with Crippen LogP contribution in [0.4, 0.5) is 0 Å². The summed E-state index contributed by atoms with van der Waals surface area (Å²) in [6, 6.07) is 0.469. The van der Waals surface area contributed by atoms with Crippen molar-refractivity contribution in [3.05, 3.63) is 0 Å². The van der Waals surface area contributed by atoms with E-state index in [4.69, 9.17) is 0 Å². The van der Waals surface area contributed by atoms with Gasteiger partial charge in [-0.2, -0.15) is 0 Å². The molecule has 0 aromatic rings. The molecule has 1 aliphatic rings. The van der Waals surface area contributed by atoms with Crippen molar-refractivity contribution in [3.63, 3.8) is 0 Å². The molecule has 0 aromatic carbocycles. The summed E-state index contributed by atoms with van der Waals surface area (Å²) in [7, 11) is 0. The number of amides is 1. The zero-order chi connectivity index (χ0) is 9.90. The molecule has 0 radical (unpaired) electrons. The molecule has 1 saturated heterocycles. The first-order chi connectivity index (χ1) is 5.97. The molecular weight excluding hydrogens is 164 g/mol. The average molecular weight is 184 g/mol. The van der Waals surface area contributed by atoms with Crippen LogP contribution in [0.2, 0.25) is 0 Å². The van der Waals surface area contributed by atoms with Gasteiger partial charge in [-0.3, -0.25) is 4.79 Å². The molecule has 1 aliphatic heterocycles. The fourth-order valence-electron chi connectivity index (χ4n) is 1.36. The van der Waals surface area contributed by atoms with Gasteiger partial charge in [-0.25, -0.2) is 0 Å². The maximum absolute atomic E-state index is 10.9. The van der Waals surface area contributed by atoms with Gasteiger partial charge < -0.3 is 10.6 Å². The molecule has 1 rings (SSSR count). The summed E-state index contributed by atoms with van der Waals surface area (Å²) in [4.78, 5) is 10.9. The van der Waals surface area contributed by atoms with Crippen LogP contribution >= 0.6 is 0 Å². The van der Waals surface area contributed by atoms with Gasteiger partial charge in [0.25, 0.3) is 0 Å². The minimum absolute atomic E-state index is 0.189. The molecule has 2 N–H and O–H groups in total. The Balaban J connectivity index is 2.20. The molecule has 0 aliphatic carbocycles. The number of hydrogen-bond donors (Lipinski definition) is 2. The molecular formula is C10H20N2O. The smallest absolute Gasteiger partial charge is 0.220 e. The molecule has 1 atom stereocenters. The van der Waals surface area contributed by atoms with E-state index in [1.165, 1.54) is 0 Å². The van der Waals surface area contributed by atoms with E-state index >= 15 is 0 Å². The molecule has 1 fully saturated rings. The highest BCUT2D eigenvalue weighted by Crippen LogP contribution is 2.12. The van der Waals surface area contributed by atoms with E-state index in [-0.39, 0.29) is 5.91 Å². The predicted molar refractivity (Wildman–Crippen MR) is 53.5 cm³/mol. The summed E-state index contributed by atoms with van der Waals surface area (Å²) in [5, 5.41) is 6.33. The molecule has 76 valence electrons. The van der Waals surface area contributed by atoms with Crippen LogP contribution in [0.3, 0.4) is 0 Å². The molecule has 0 bridgehead atoms. The Hall–Kier alpha value is -0.570. The largest absolute Gasteiger partial charge is 0.355 e. The molecule has 1 amide bonds. The van der Waals surface area contributed by atoms with Crippen molar-refractivity contribution in [3.8, 4) is 0 Å². The van der Waals surface area contributed by atoms with Crippen LogP contribution in [0.1, 0.15) is 33.6 Å². The molecule has 0 saturated carbocycles. The highest BCUT2D eigenvalue weighted by Gasteiger charge is 2.19. The van der Waals surface area contributed by atoms with E-state index < -0.39 is 0 Å². The Kier molecular flexibility index (Phi) is 3.31. The number of nitrogens with one attached hydrogen (secondary N) is 2. The van der Waals surface area contributed by atoms with Crippen LogP contribution in [0.15, 0.2) is 0 Å².